The Balaban J connectivity index is 2.54. The Labute approximate surface area is 105 Å². The molecule has 1 heterocycles. The Bertz CT molecular complexity index is 569. The molecule has 16 heavy (non-hydrogen) atoms. The van der Waals surface area contributed by atoms with E-state index in [0.29, 0.717) is 0 Å². The number of aryl methyl sites for hydroxylation is 2. The third-order valence-corrected chi connectivity index (χ3v) is 3.28. The van der Waals surface area contributed by atoms with Crippen LogP contribution in [0.3, 0.4) is 0 Å². The zero-order valence-electron chi connectivity index (χ0n) is 9.25. The van der Waals surface area contributed by atoms with Crippen LogP contribution < -0.4 is 0 Å². The van der Waals surface area contributed by atoms with Gasteiger partial charge in [-0.25, -0.2) is 4.68 Å². The number of H-pyrrole nitrogens is 1. The van der Waals surface area contributed by atoms with E-state index in [9.17, 15) is 0 Å². The van der Waals surface area contributed by atoms with Gasteiger partial charge in [-0.2, -0.15) is 0 Å². The first-order chi connectivity index (χ1) is 7.61. The lowest BCUT2D eigenvalue weighted by atomic mass is 10.2. The molecule has 1 N–H and O–H groups in total. The van der Waals surface area contributed by atoms with Gasteiger partial charge in [-0.15, -0.1) is 0 Å². The van der Waals surface area contributed by atoms with Gasteiger partial charge in [0.05, 0.1) is 5.69 Å². The van der Waals surface area contributed by atoms with Gasteiger partial charge in [0.15, 0.2) is 0 Å². The van der Waals surface area contributed by atoms with Crippen molar-refractivity contribution in [1.29, 1.82) is 0 Å². The number of nitrogens with zero attached hydrogens (tertiary/aromatic N) is 1. The molecular weight excluding hydrogens is 240 g/mol. The highest BCUT2D eigenvalue weighted by Gasteiger charge is 2.03. The molecule has 0 aliphatic rings. The van der Waals surface area contributed by atoms with Crippen molar-refractivity contribution in [3.63, 3.8) is 0 Å². The number of nitrogens with one attached hydrogen (secondary N) is 1. The summed E-state index contributed by atoms with van der Waals surface area (Å²) >= 11 is 11.4. The van der Waals surface area contributed by atoms with Crippen molar-refractivity contribution >= 4 is 23.8 Å². The lowest BCUT2D eigenvalue weighted by Gasteiger charge is -2.05. The summed E-state index contributed by atoms with van der Waals surface area (Å²) in [6.07, 6.45) is 0.941. The molecule has 84 valence electrons. The fourth-order valence-electron chi connectivity index (χ4n) is 1.54. The number of halogens is 1. The summed E-state index contributed by atoms with van der Waals surface area (Å²) in [5.41, 5.74) is 3.17. The highest BCUT2D eigenvalue weighted by Crippen LogP contribution is 2.19. The number of hydrogen-bond donors (Lipinski definition) is 1. The maximum Gasteiger partial charge on any atom is 0.127 e. The Morgan fingerprint density at radius 1 is 1.38 bits per heavy atom. The highest BCUT2D eigenvalue weighted by molar-refractivity contribution is 7.71. The van der Waals surface area contributed by atoms with Gasteiger partial charge in [0.1, 0.15) is 4.64 Å². The zero-order chi connectivity index (χ0) is 11.7. The van der Waals surface area contributed by atoms with Crippen LogP contribution >= 0.6 is 23.8 Å². The van der Waals surface area contributed by atoms with E-state index in [1.54, 1.807) is 0 Å². The Hall–Kier alpha value is -1.06. The van der Waals surface area contributed by atoms with Crippen LogP contribution in [0.2, 0.25) is 5.02 Å². The van der Waals surface area contributed by atoms with E-state index in [4.69, 9.17) is 23.8 Å². The molecule has 0 saturated heterocycles. The molecule has 0 saturated carbocycles. The molecule has 2 nitrogen and oxygen atoms in total. The van der Waals surface area contributed by atoms with Gasteiger partial charge in [0.25, 0.3) is 0 Å². The van der Waals surface area contributed by atoms with Crippen molar-refractivity contribution in [2.45, 2.75) is 20.3 Å². The SMILES string of the molecule is CCc1cc(=S)n(-c2ccc(C)c(Cl)c2)[nH]1. The molecule has 1 aromatic heterocycles. The van der Waals surface area contributed by atoms with Gasteiger partial charge in [-0.3, -0.25) is 5.10 Å². The van der Waals surface area contributed by atoms with Gasteiger partial charge in [-0.05, 0) is 37.1 Å². The van der Waals surface area contributed by atoms with Crippen molar-refractivity contribution in [2.24, 2.45) is 0 Å². The minimum Gasteiger partial charge on any atom is -0.297 e. The summed E-state index contributed by atoms with van der Waals surface area (Å²) < 4.78 is 2.65. The van der Waals surface area contributed by atoms with Gasteiger partial charge in [0.2, 0.25) is 0 Å². The quantitative estimate of drug-likeness (QED) is 0.800. The molecule has 0 aliphatic heterocycles. The average molecular weight is 253 g/mol. The Kier molecular flexibility index (Phi) is 3.17. The normalized spacial score (nSPS) is 10.7. The molecule has 2 rings (SSSR count). The fraction of sp³-hybridized carbons (Fsp3) is 0.250. The van der Waals surface area contributed by atoms with E-state index in [1.807, 2.05) is 35.9 Å². The van der Waals surface area contributed by atoms with Crippen LogP contribution in [0.5, 0.6) is 0 Å². The third-order valence-electron chi connectivity index (χ3n) is 2.57. The molecule has 0 amide bonds. The zero-order valence-corrected chi connectivity index (χ0v) is 10.8. The summed E-state index contributed by atoms with van der Waals surface area (Å²) in [6, 6.07) is 7.89. The highest BCUT2D eigenvalue weighted by atomic mass is 35.5. The fourth-order valence-corrected chi connectivity index (χ4v) is 2.01. The molecular formula is C12H13ClN2S. The van der Waals surface area contributed by atoms with Gasteiger partial charge in [-0.1, -0.05) is 36.8 Å². The van der Waals surface area contributed by atoms with Crippen LogP contribution in [0.1, 0.15) is 18.2 Å². The average Bonchev–Trinajstić information content (AvgIpc) is 2.64. The van der Waals surface area contributed by atoms with Crippen LogP contribution in [-0.4, -0.2) is 9.78 Å². The van der Waals surface area contributed by atoms with Crippen molar-refractivity contribution in [3.8, 4) is 5.69 Å². The van der Waals surface area contributed by atoms with E-state index < -0.39 is 0 Å². The van der Waals surface area contributed by atoms with Crippen LogP contribution in [0.4, 0.5) is 0 Å². The molecule has 1 aromatic carbocycles. The topological polar surface area (TPSA) is 20.7 Å². The summed E-state index contributed by atoms with van der Waals surface area (Å²) in [6.45, 7) is 4.07. The first-order valence-electron chi connectivity index (χ1n) is 5.19. The predicted octanol–water partition coefficient (Wildman–Crippen LogP) is 4.06. The molecule has 0 aliphatic carbocycles. The second-order valence-corrected chi connectivity index (χ2v) is 4.57. The monoisotopic (exact) mass is 252 g/mol. The summed E-state index contributed by atoms with van der Waals surface area (Å²) in [7, 11) is 0. The van der Waals surface area contributed by atoms with E-state index in [1.165, 1.54) is 0 Å². The van der Waals surface area contributed by atoms with E-state index in [0.717, 1.165) is 33.0 Å². The number of hydrogen-bond acceptors (Lipinski definition) is 1. The van der Waals surface area contributed by atoms with Crippen LogP contribution in [0.25, 0.3) is 5.69 Å². The molecule has 0 bridgehead atoms. The number of aromatic nitrogens is 2. The third kappa shape index (κ3) is 2.06. The largest absolute Gasteiger partial charge is 0.297 e. The van der Waals surface area contributed by atoms with E-state index in [-0.39, 0.29) is 0 Å². The Morgan fingerprint density at radius 3 is 2.69 bits per heavy atom. The van der Waals surface area contributed by atoms with Gasteiger partial charge < -0.3 is 0 Å². The lowest BCUT2D eigenvalue weighted by molar-refractivity contribution is 0.833. The lowest BCUT2D eigenvalue weighted by Crippen LogP contribution is -1.97. The Morgan fingerprint density at radius 2 is 2.12 bits per heavy atom. The molecule has 4 heteroatoms. The second kappa shape index (κ2) is 4.44. The minimum atomic E-state index is 0.757. The van der Waals surface area contributed by atoms with E-state index in [2.05, 4.69) is 12.0 Å². The molecule has 0 atom stereocenters. The van der Waals surface area contributed by atoms with Crippen molar-refractivity contribution in [2.75, 3.05) is 0 Å². The second-order valence-electron chi connectivity index (χ2n) is 3.74. The van der Waals surface area contributed by atoms with Crippen LogP contribution in [-0.2, 0) is 6.42 Å². The standard InChI is InChI=1S/C12H13ClN2S/c1-3-9-6-12(16)15(14-9)10-5-4-8(2)11(13)7-10/h4-7,14H,3H2,1-2H3. The molecule has 0 spiro atoms. The maximum atomic E-state index is 6.10. The number of aromatic amines is 1. The minimum absolute atomic E-state index is 0.757. The molecule has 0 unspecified atom stereocenters. The summed E-state index contributed by atoms with van der Waals surface area (Å²) in [4.78, 5) is 0. The van der Waals surface area contributed by atoms with Crippen LogP contribution in [0, 0.1) is 11.6 Å². The van der Waals surface area contributed by atoms with Crippen molar-refractivity contribution < 1.29 is 0 Å². The van der Waals surface area contributed by atoms with Crippen molar-refractivity contribution in [1.82, 2.24) is 9.78 Å². The first-order valence-corrected chi connectivity index (χ1v) is 5.98. The predicted molar refractivity (Wildman–Crippen MR) is 70.1 cm³/mol. The molecule has 0 fully saturated rings. The summed E-state index contributed by atoms with van der Waals surface area (Å²) in [5.74, 6) is 0. The smallest absolute Gasteiger partial charge is 0.127 e. The number of benzene rings is 1. The van der Waals surface area contributed by atoms with Crippen LogP contribution in [0.15, 0.2) is 24.3 Å². The molecule has 0 radical (unpaired) electrons. The summed E-state index contributed by atoms with van der Waals surface area (Å²) in [5, 5.41) is 4.00. The van der Waals surface area contributed by atoms with Gasteiger partial charge in [0, 0.05) is 10.7 Å². The van der Waals surface area contributed by atoms with Crippen molar-refractivity contribution in [3.05, 3.63) is 45.2 Å². The maximum absolute atomic E-state index is 6.10. The van der Waals surface area contributed by atoms with Gasteiger partial charge >= 0.3 is 0 Å². The first kappa shape index (κ1) is 11.4. The molecule has 2 aromatic rings. The van der Waals surface area contributed by atoms with E-state index >= 15 is 0 Å². The number of rotatable bonds is 2.